The zero-order valence-corrected chi connectivity index (χ0v) is 12.4. The largest absolute Gasteiger partial charge is 0.446 e. The van der Waals surface area contributed by atoms with Crippen molar-refractivity contribution in [1.82, 2.24) is 5.32 Å². The molecule has 1 aromatic carbocycles. The normalized spacial score (nSPS) is 23.8. The summed E-state index contributed by atoms with van der Waals surface area (Å²) in [4.78, 5) is 0.243. The Hall–Kier alpha value is -0.680. The van der Waals surface area contributed by atoms with Crippen LogP contribution in [0, 0.1) is 5.92 Å². The zero-order valence-electron chi connectivity index (χ0n) is 11.5. The molecule has 0 aromatic heterocycles. The molecule has 0 unspecified atom stereocenters. The van der Waals surface area contributed by atoms with Crippen LogP contribution in [0.25, 0.3) is 0 Å². The van der Waals surface area contributed by atoms with Gasteiger partial charge < -0.3 is 5.32 Å². The summed E-state index contributed by atoms with van der Waals surface area (Å²) in [7, 11) is 0. The number of hydrogen-bond donors (Lipinski definition) is 1. The molecule has 0 spiro atoms. The fourth-order valence-electron chi connectivity index (χ4n) is 2.54. The molecular formula is C15H20F3NS. The van der Waals surface area contributed by atoms with Crippen LogP contribution < -0.4 is 5.32 Å². The van der Waals surface area contributed by atoms with Crippen LogP contribution in [0.15, 0.2) is 29.2 Å². The second-order valence-electron chi connectivity index (χ2n) is 5.53. The highest BCUT2D eigenvalue weighted by atomic mass is 32.2. The van der Waals surface area contributed by atoms with Gasteiger partial charge in [-0.3, -0.25) is 0 Å². The van der Waals surface area contributed by atoms with Crippen LogP contribution in [0.4, 0.5) is 13.2 Å². The van der Waals surface area contributed by atoms with E-state index in [0.29, 0.717) is 6.04 Å². The molecule has 1 aliphatic carbocycles. The summed E-state index contributed by atoms with van der Waals surface area (Å²) < 4.78 is 36.6. The summed E-state index contributed by atoms with van der Waals surface area (Å²) in [6.07, 6.45) is 4.92. The number of alkyl halides is 3. The Kier molecular flexibility index (Phi) is 5.38. The van der Waals surface area contributed by atoms with Gasteiger partial charge in [-0.15, -0.1) is 0 Å². The molecule has 1 aliphatic rings. The smallest absolute Gasteiger partial charge is 0.310 e. The first kappa shape index (κ1) is 15.7. The predicted octanol–water partition coefficient (Wildman–Crippen LogP) is 4.97. The van der Waals surface area contributed by atoms with Gasteiger partial charge in [0.15, 0.2) is 0 Å². The van der Waals surface area contributed by atoms with Crippen molar-refractivity contribution >= 4 is 11.8 Å². The number of nitrogens with one attached hydrogen (secondary N) is 1. The minimum absolute atomic E-state index is 0.0646. The van der Waals surface area contributed by atoms with Gasteiger partial charge in [0, 0.05) is 17.5 Å². The van der Waals surface area contributed by atoms with Crippen molar-refractivity contribution in [1.29, 1.82) is 0 Å². The molecule has 0 heterocycles. The highest BCUT2D eigenvalue weighted by Crippen LogP contribution is 2.36. The zero-order chi connectivity index (χ0) is 14.6. The average Bonchev–Trinajstić information content (AvgIpc) is 2.38. The molecule has 1 saturated carbocycles. The summed E-state index contributed by atoms with van der Waals surface area (Å²) >= 11 is -0.0646. The van der Waals surface area contributed by atoms with Crippen molar-refractivity contribution in [3.05, 3.63) is 29.8 Å². The number of rotatable bonds is 4. The van der Waals surface area contributed by atoms with E-state index in [-0.39, 0.29) is 16.7 Å². The number of benzene rings is 1. The lowest BCUT2D eigenvalue weighted by Gasteiger charge is -2.27. The van der Waals surface area contributed by atoms with Crippen molar-refractivity contribution in [2.75, 3.05) is 0 Å². The van der Waals surface area contributed by atoms with E-state index in [1.165, 1.54) is 37.8 Å². The minimum Gasteiger partial charge on any atom is -0.310 e. The van der Waals surface area contributed by atoms with E-state index in [0.717, 1.165) is 18.0 Å². The van der Waals surface area contributed by atoms with Crippen molar-refractivity contribution < 1.29 is 13.2 Å². The SMILES string of the molecule is CC1CCC(NCc2ccc(SC(F)(F)F)cc2)CC1. The fraction of sp³-hybridized carbons (Fsp3) is 0.600. The molecule has 20 heavy (non-hydrogen) atoms. The summed E-state index contributed by atoms with van der Waals surface area (Å²) in [5.74, 6) is 0.826. The van der Waals surface area contributed by atoms with Gasteiger partial charge in [-0.2, -0.15) is 13.2 Å². The van der Waals surface area contributed by atoms with Gasteiger partial charge in [-0.05, 0) is 61.1 Å². The second-order valence-corrected chi connectivity index (χ2v) is 6.67. The Bertz CT molecular complexity index is 408. The van der Waals surface area contributed by atoms with Gasteiger partial charge in [-0.1, -0.05) is 19.1 Å². The Morgan fingerprint density at radius 3 is 2.25 bits per heavy atom. The topological polar surface area (TPSA) is 12.0 Å². The third-order valence-electron chi connectivity index (χ3n) is 3.77. The van der Waals surface area contributed by atoms with Crippen molar-refractivity contribution in [2.45, 2.75) is 55.6 Å². The van der Waals surface area contributed by atoms with E-state index in [9.17, 15) is 13.2 Å². The Balaban J connectivity index is 1.79. The minimum atomic E-state index is -4.21. The molecular weight excluding hydrogens is 283 g/mol. The van der Waals surface area contributed by atoms with Crippen LogP contribution >= 0.6 is 11.8 Å². The first-order chi connectivity index (χ1) is 9.42. The van der Waals surface area contributed by atoms with E-state index in [4.69, 9.17) is 0 Å². The molecule has 2 rings (SSSR count). The van der Waals surface area contributed by atoms with Gasteiger partial charge in [0.05, 0.1) is 0 Å². The highest BCUT2D eigenvalue weighted by Gasteiger charge is 2.29. The van der Waals surface area contributed by atoms with E-state index in [1.807, 2.05) is 0 Å². The Morgan fingerprint density at radius 1 is 1.10 bits per heavy atom. The predicted molar refractivity (Wildman–Crippen MR) is 76.6 cm³/mol. The summed E-state index contributed by atoms with van der Waals surface area (Å²) in [5, 5.41) is 3.50. The average molecular weight is 303 g/mol. The molecule has 0 radical (unpaired) electrons. The van der Waals surface area contributed by atoms with Gasteiger partial charge in [0.25, 0.3) is 0 Å². The van der Waals surface area contributed by atoms with Crippen molar-refractivity contribution in [3.63, 3.8) is 0 Å². The van der Waals surface area contributed by atoms with Crippen molar-refractivity contribution in [3.8, 4) is 0 Å². The van der Waals surface area contributed by atoms with E-state index >= 15 is 0 Å². The third-order valence-corrected chi connectivity index (χ3v) is 4.51. The Morgan fingerprint density at radius 2 is 1.70 bits per heavy atom. The van der Waals surface area contributed by atoms with Crippen LogP contribution in [-0.2, 0) is 6.54 Å². The molecule has 0 atom stereocenters. The van der Waals surface area contributed by atoms with Crippen LogP contribution in [0.5, 0.6) is 0 Å². The summed E-state index contributed by atoms with van der Waals surface area (Å²) in [6.45, 7) is 3.02. The van der Waals surface area contributed by atoms with Crippen molar-refractivity contribution in [2.24, 2.45) is 5.92 Å². The van der Waals surface area contributed by atoms with Crippen LogP contribution in [0.3, 0.4) is 0 Å². The van der Waals surface area contributed by atoms with E-state index < -0.39 is 5.51 Å². The Labute approximate surface area is 122 Å². The fourth-order valence-corrected chi connectivity index (χ4v) is 3.07. The molecule has 1 nitrogen and oxygen atoms in total. The lowest BCUT2D eigenvalue weighted by molar-refractivity contribution is -0.0328. The number of hydrogen-bond acceptors (Lipinski definition) is 2. The molecule has 0 saturated heterocycles. The lowest BCUT2D eigenvalue weighted by Crippen LogP contribution is -2.32. The van der Waals surface area contributed by atoms with Gasteiger partial charge in [-0.25, -0.2) is 0 Å². The molecule has 0 bridgehead atoms. The van der Waals surface area contributed by atoms with Crippen LogP contribution in [-0.4, -0.2) is 11.6 Å². The maximum absolute atomic E-state index is 12.2. The van der Waals surface area contributed by atoms with Gasteiger partial charge in [0.1, 0.15) is 0 Å². The molecule has 1 N–H and O–H groups in total. The van der Waals surface area contributed by atoms with Crippen LogP contribution in [0.2, 0.25) is 0 Å². The number of thioether (sulfide) groups is 1. The van der Waals surface area contributed by atoms with E-state index in [1.54, 1.807) is 12.1 Å². The molecule has 1 aromatic rings. The first-order valence-electron chi connectivity index (χ1n) is 7.00. The molecule has 0 aliphatic heterocycles. The molecule has 5 heteroatoms. The molecule has 1 fully saturated rings. The number of halogens is 3. The highest BCUT2D eigenvalue weighted by molar-refractivity contribution is 8.00. The summed E-state index contributed by atoms with van der Waals surface area (Å²) in [5.41, 5.74) is -3.17. The maximum atomic E-state index is 12.2. The monoisotopic (exact) mass is 303 g/mol. The van der Waals surface area contributed by atoms with Crippen LogP contribution in [0.1, 0.15) is 38.2 Å². The maximum Gasteiger partial charge on any atom is 0.446 e. The standard InChI is InChI=1S/C15H20F3NS/c1-11-2-6-13(7-3-11)19-10-12-4-8-14(9-5-12)20-15(16,17)18/h4-5,8-9,11,13,19H,2-3,6-7,10H2,1H3. The van der Waals surface area contributed by atoms with Gasteiger partial charge >= 0.3 is 5.51 Å². The van der Waals surface area contributed by atoms with E-state index in [2.05, 4.69) is 12.2 Å². The molecule has 0 amide bonds. The second kappa shape index (κ2) is 6.85. The third kappa shape index (κ3) is 5.37. The quantitative estimate of drug-likeness (QED) is 0.788. The lowest BCUT2D eigenvalue weighted by atomic mass is 9.87. The van der Waals surface area contributed by atoms with Gasteiger partial charge in [0.2, 0.25) is 0 Å². The molecule has 112 valence electrons. The summed E-state index contributed by atoms with van der Waals surface area (Å²) in [6, 6.07) is 7.17. The first-order valence-corrected chi connectivity index (χ1v) is 7.82.